The van der Waals surface area contributed by atoms with Gasteiger partial charge in [-0.3, -0.25) is 14.5 Å². The summed E-state index contributed by atoms with van der Waals surface area (Å²) in [6.45, 7) is 3.07. The van der Waals surface area contributed by atoms with E-state index in [1.807, 2.05) is 18.2 Å². The van der Waals surface area contributed by atoms with Gasteiger partial charge in [0.2, 0.25) is 5.91 Å². The Hall–Kier alpha value is -2.21. The maximum absolute atomic E-state index is 12.6. The molecular formula is C23H32N4O2. The van der Waals surface area contributed by atoms with Gasteiger partial charge in [-0.05, 0) is 50.9 Å². The molecule has 1 saturated carbocycles. The molecule has 1 aromatic heterocycles. The lowest BCUT2D eigenvalue weighted by Crippen LogP contribution is -2.58. The second kappa shape index (κ2) is 9.08. The quantitative estimate of drug-likeness (QED) is 0.786. The molecule has 2 N–H and O–H groups in total. The van der Waals surface area contributed by atoms with Crippen molar-refractivity contribution in [2.75, 3.05) is 19.6 Å². The fraction of sp³-hybridized carbons (Fsp3) is 0.609. The number of aromatic nitrogens is 2. The second-order valence-electron chi connectivity index (χ2n) is 8.64. The van der Waals surface area contributed by atoms with E-state index in [0.717, 1.165) is 19.6 Å². The minimum absolute atomic E-state index is 0.0442. The maximum Gasteiger partial charge on any atom is 0.258 e. The average molecular weight is 397 g/mol. The zero-order chi connectivity index (χ0) is 20.1. The fourth-order valence-electron chi connectivity index (χ4n) is 5.02. The number of aryl methyl sites for hydroxylation is 1. The van der Waals surface area contributed by atoms with E-state index in [2.05, 4.69) is 20.2 Å². The number of benzene rings is 1. The Morgan fingerprint density at radius 3 is 2.59 bits per heavy atom. The van der Waals surface area contributed by atoms with Gasteiger partial charge < -0.3 is 10.3 Å². The summed E-state index contributed by atoms with van der Waals surface area (Å²) in [6, 6.07) is 7.30. The first-order chi connectivity index (χ1) is 14.2. The van der Waals surface area contributed by atoms with E-state index in [0.29, 0.717) is 29.6 Å². The first kappa shape index (κ1) is 20.1. The number of para-hydroxylation sites is 1. The zero-order valence-corrected chi connectivity index (χ0v) is 17.2. The van der Waals surface area contributed by atoms with Crippen LogP contribution in [-0.4, -0.2) is 45.9 Å². The summed E-state index contributed by atoms with van der Waals surface area (Å²) < 4.78 is 0. The SMILES string of the molecule is O=C(CCc1nc2ccccc2c(=O)[nH]1)NCC1(N2CCCCC2)CCCCC1. The van der Waals surface area contributed by atoms with E-state index in [1.165, 1.54) is 51.4 Å². The smallest absolute Gasteiger partial charge is 0.258 e. The molecule has 6 heteroatoms. The number of amides is 1. The highest BCUT2D eigenvalue weighted by atomic mass is 16.1. The van der Waals surface area contributed by atoms with Crippen LogP contribution in [0.3, 0.4) is 0 Å². The lowest BCUT2D eigenvalue weighted by atomic mass is 9.79. The molecule has 0 unspecified atom stereocenters. The second-order valence-corrected chi connectivity index (χ2v) is 8.64. The summed E-state index contributed by atoms with van der Waals surface area (Å²) >= 11 is 0. The highest BCUT2D eigenvalue weighted by molar-refractivity contribution is 5.78. The van der Waals surface area contributed by atoms with Gasteiger partial charge >= 0.3 is 0 Å². The molecule has 2 heterocycles. The van der Waals surface area contributed by atoms with Crippen molar-refractivity contribution in [1.29, 1.82) is 0 Å². The molecule has 29 heavy (non-hydrogen) atoms. The number of carbonyl (C=O) groups is 1. The van der Waals surface area contributed by atoms with Crippen LogP contribution in [0.2, 0.25) is 0 Å². The molecule has 1 aliphatic heterocycles. The number of rotatable bonds is 6. The van der Waals surface area contributed by atoms with Gasteiger partial charge in [-0.25, -0.2) is 4.98 Å². The Balaban J connectivity index is 1.36. The van der Waals surface area contributed by atoms with E-state index in [9.17, 15) is 9.59 Å². The molecule has 2 aromatic rings. The Bertz CT molecular complexity index is 895. The van der Waals surface area contributed by atoms with Crippen LogP contribution in [0.5, 0.6) is 0 Å². The third-order valence-corrected chi connectivity index (χ3v) is 6.68. The summed E-state index contributed by atoms with van der Waals surface area (Å²) in [5.74, 6) is 0.620. The number of nitrogens with zero attached hydrogens (tertiary/aromatic N) is 2. The number of nitrogens with one attached hydrogen (secondary N) is 2. The van der Waals surface area contributed by atoms with Gasteiger partial charge in [-0.1, -0.05) is 37.8 Å². The number of likely N-dealkylation sites (tertiary alicyclic amines) is 1. The van der Waals surface area contributed by atoms with Gasteiger partial charge in [0.15, 0.2) is 0 Å². The molecule has 2 aliphatic rings. The third-order valence-electron chi connectivity index (χ3n) is 6.68. The molecule has 0 bridgehead atoms. The fourth-order valence-corrected chi connectivity index (χ4v) is 5.02. The summed E-state index contributed by atoms with van der Waals surface area (Å²) in [5.41, 5.74) is 0.680. The van der Waals surface area contributed by atoms with E-state index < -0.39 is 0 Å². The Kier molecular flexibility index (Phi) is 6.28. The van der Waals surface area contributed by atoms with Crippen molar-refractivity contribution >= 4 is 16.8 Å². The molecule has 2 fully saturated rings. The van der Waals surface area contributed by atoms with Crippen LogP contribution in [-0.2, 0) is 11.2 Å². The number of aromatic amines is 1. The number of piperidine rings is 1. The number of fused-ring (bicyclic) bond motifs is 1. The number of H-pyrrole nitrogens is 1. The summed E-state index contributed by atoms with van der Waals surface area (Å²) in [7, 11) is 0. The van der Waals surface area contributed by atoms with Crippen molar-refractivity contribution in [3.8, 4) is 0 Å². The predicted octanol–water partition coefficient (Wildman–Crippen LogP) is 3.16. The van der Waals surface area contributed by atoms with E-state index in [-0.39, 0.29) is 17.0 Å². The molecule has 1 aromatic carbocycles. The van der Waals surface area contributed by atoms with Gasteiger partial charge in [0.25, 0.3) is 5.56 Å². The molecule has 156 valence electrons. The summed E-state index contributed by atoms with van der Waals surface area (Å²) in [5, 5.41) is 3.80. The van der Waals surface area contributed by atoms with Crippen molar-refractivity contribution in [3.05, 3.63) is 40.4 Å². The molecule has 0 spiro atoms. The minimum atomic E-state index is -0.141. The monoisotopic (exact) mass is 396 g/mol. The van der Waals surface area contributed by atoms with Crippen molar-refractivity contribution in [1.82, 2.24) is 20.2 Å². The van der Waals surface area contributed by atoms with Crippen LogP contribution in [0.4, 0.5) is 0 Å². The molecule has 4 rings (SSSR count). The Morgan fingerprint density at radius 2 is 1.79 bits per heavy atom. The van der Waals surface area contributed by atoms with E-state index >= 15 is 0 Å². The van der Waals surface area contributed by atoms with E-state index in [4.69, 9.17) is 0 Å². The number of hydrogen-bond acceptors (Lipinski definition) is 4. The minimum Gasteiger partial charge on any atom is -0.354 e. The van der Waals surface area contributed by atoms with Crippen molar-refractivity contribution < 1.29 is 4.79 Å². The van der Waals surface area contributed by atoms with Crippen molar-refractivity contribution in [2.45, 2.75) is 69.7 Å². The standard InChI is InChI=1S/C23H32N4O2/c28-21(12-11-20-25-19-10-4-3-9-18(19)22(29)26-20)24-17-23(13-5-1-6-14-23)27-15-7-2-8-16-27/h3-4,9-10H,1-2,5-8,11-17H2,(H,24,28)(H,25,26,29). The van der Waals surface area contributed by atoms with Gasteiger partial charge in [-0.15, -0.1) is 0 Å². The lowest BCUT2D eigenvalue weighted by Gasteiger charge is -2.48. The molecule has 1 saturated heterocycles. The van der Waals surface area contributed by atoms with Crippen molar-refractivity contribution in [2.24, 2.45) is 0 Å². The van der Waals surface area contributed by atoms with Gasteiger partial charge in [-0.2, -0.15) is 0 Å². The Labute approximate surface area is 172 Å². The maximum atomic E-state index is 12.6. The Morgan fingerprint density at radius 1 is 1.07 bits per heavy atom. The molecule has 1 amide bonds. The largest absolute Gasteiger partial charge is 0.354 e. The number of carbonyl (C=O) groups excluding carboxylic acids is 1. The first-order valence-corrected chi connectivity index (χ1v) is 11.2. The van der Waals surface area contributed by atoms with Crippen LogP contribution in [0.1, 0.15) is 63.6 Å². The molecule has 0 atom stereocenters. The molecular weight excluding hydrogens is 364 g/mol. The summed E-state index contributed by atoms with van der Waals surface area (Å²) in [4.78, 5) is 34.7. The predicted molar refractivity (Wildman–Crippen MR) is 115 cm³/mol. The topological polar surface area (TPSA) is 78.1 Å². The molecule has 0 radical (unpaired) electrons. The molecule has 6 nitrogen and oxygen atoms in total. The van der Waals surface area contributed by atoms with Crippen LogP contribution < -0.4 is 10.9 Å². The lowest BCUT2D eigenvalue weighted by molar-refractivity contribution is -0.122. The highest BCUT2D eigenvalue weighted by Crippen LogP contribution is 2.35. The number of hydrogen-bond donors (Lipinski definition) is 2. The average Bonchev–Trinajstić information content (AvgIpc) is 2.77. The third kappa shape index (κ3) is 4.69. The van der Waals surface area contributed by atoms with E-state index in [1.54, 1.807) is 6.07 Å². The van der Waals surface area contributed by atoms with Gasteiger partial charge in [0.1, 0.15) is 5.82 Å². The molecule has 1 aliphatic carbocycles. The zero-order valence-electron chi connectivity index (χ0n) is 17.2. The van der Waals surface area contributed by atoms with Crippen LogP contribution in [0.25, 0.3) is 10.9 Å². The van der Waals surface area contributed by atoms with Gasteiger partial charge in [0.05, 0.1) is 10.9 Å². The summed E-state index contributed by atoms with van der Waals surface area (Å²) in [6.07, 6.45) is 10.9. The first-order valence-electron chi connectivity index (χ1n) is 11.2. The van der Waals surface area contributed by atoms with Gasteiger partial charge in [0, 0.05) is 24.9 Å². The highest BCUT2D eigenvalue weighted by Gasteiger charge is 2.38. The normalized spacial score (nSPS) is 19.9. The van der Waals surface area contributed by atoms with Crippen molar-refractivity contribution in [3.63, 3.8) is 0 Å². The van der Waals surface area contributed by atoms with Crippen LogP contribution >= 0.6 is 0 Å². The van der Waals surface area contributed by atoms with Crippen LogP contribution in [0, 0.1) is 0 Å². The van der Waals surface area contributed by atoms with Crippen LogP contribution in [0.15, 0.2) is 29.1 Å².